The molecule has 2 nitrogen and oxygen atoms in total. The lowest BCUT2D eigenvalue weighted by Gasteiger charge is -2.22. The van der Waals surface area contributed by atoms with Crippen molar-refractivity contribution in [2.45, 2.75) is 19.0 Å². The number of nitrogens with zero attached hydrogens (tertiary/aromatic N) is 1. The Morgan fingerprint density at radius 1 is 1.50 bits per heavy atom. The van der Waals surface area contributed by atoms with Crippen LogP contribution in [0.25, 0.3) is 0 Å². The fourth-order valence-corrected chi connectivity index (χ4v) is 1.11. The SMILES string of the molecule is COC1=NCC(C(F)(F)F)CC1. The maximum atomic E-state index is 12.1. The first-order valence-electron chi connectivity index (χ1n) is 3.68. The highest BCUT2D eigenvalue weighted by Crippen LogP contribution is 2.32. The zero-order valence-corrected chi connectivity index (χ0v) is 6.69. The van der Waals surface area contributed by atoms with Crippen LogP contribution in [0.2, 0.25) is 0 Å². The molecule has 0 aromatic rings. The van der Waals surface area contributed by atoms with E-state index >= 15 is 0 Å². The predicted octanol–water partition coefficient (Wildman–Crippen LogP) is 2.00. The van der Waals surface area contributed by atoms with Crippen molar-refractivity contribution in [3.8, 4) is 0 Å². The van der Waals surface area contributed by atoms with E-state index in [1.807, 2.05) is 0 Å². The topological polar surface area (TPSA) is 21.6 Å². The zero-order chi connectivity index (χ0) is 9.19. The van der Waals surface area contributed by atoms with Crippen molar-refractivity contribution in [1.29, 1.82) is 0 Å². The summed E-state index contributed by atoms with van der Waals surface area (Å²) in [6.45, 7) is -0.188. The van der Waals surface area contributed by atoms with E-state index in [4.69, 9.17) is 4.74 Å². The van der Waals surface area contributed by atoms with Crippen LogP contribution in [0.15, 0.2) is 4.99 Å². The van der Waals surface area contributed by atoms with Crippen LogP contribution in [-0.4, -0.2) is 25.7 Å². The molecule has 5 heteroatoms. The van der Waals surface area contributed by atoms with Gasteiger partial charge in [-0.15, -0.1) is 0 Å². The Morgan fingerprint density at radius 3 is 2.50 bits per heavy atom. The second kappa shape index (κ2) is 3.33. The third-order valence-corrected chi connectivity index (χ3v) is 1.89. The number of alkyl halides is 3. The van der Waals surface area contributed by atoms with Crippen LogP contribution >= 0.6 is 0 Å². The van der Waals surface area contributed by atoms with Crippen LogP contribution in [0.1, 0.15) is 12.8 Å². The molecule has 0 amide bonds. The molecular weight excluding hydrogens is 171 g/mol. The van der Waals surface area contributed by atoms with Gasteiger partial charge in [0.15, 0.2) is 5.90 Å². The molecule has 0 aliphatic carbocycles. The lowest BCUT2D eigenvalue weighted by Crippen LogP contribution is -2.29. The first kappa shape index (κ1) is 9.35. The van der Waals surface area contributed by atoms with Crippen LogP contribution in [-0.2, 0) is 4.74 Å². The Morgan fingerprint density at radius 2 is 2.17 bits per heavy atom. The first-order chi connectivity index (χ1) is 5.54. The summed E-state index contributed by atoms with van der Waals surface area (Å²) in [6.07, 6.45) is -3.72. The summed E-state index contributed by atoms with van der Waals surface area (Å²) in [5.74, 6) is -0.855. The third-order valence-electron chi connectivity index (χ3n) is 1.89. The van der Waals surface area contributed by atoms with Gasteiger partial charge in [0.25, 0.3) is 0 Å². The summed E-state index contributed by atoms with van der Waals surface area (Å²) < 4.78 is 40.9. The van der Waals surface area contributed by atoms with Crippen molar-refractivity contribution in [3.63, 3.8) is 0 Å². The van der Waals surface area contributed by atoms with Crippen LogP contribution in [0.5, 0.6) is 0 Å². The van der Waals surface area contributed by atoms with E-state index in [9.17, 15) is 13.2 Å². The lowest BCUT2D eigenvalue weighted by atomic mass is 10.0. The van der Waals surface area contributed by atoms with E-state index in [0.29, 0.717) is 12.3 Å². The van der Waals surface area contributed by atoms with E-state index in [-0.39, 0.29) is 13.0 Å². The van der Waals surface area contributed by atoms with Gasteiger partial charge in [0.1, 0.15) is 0 Å². The number of rotatable bonds is 0. The molecule has 0 saturated carbocycles. The average molecular weight is 181 g/mol. The molecule has 1 aliphatic rings. The highest BCUT2D eigenvalue weighted by molar-refractivity contribution is 5.76. The summed E-state index contributed by atoms with van der Waals surface area (Å²) in [6, 6.07) is 0. The van der Waals surface area contributed by atoms with E-state index in [1.54, 1.807) is 0 Å². The summed E-state index contributed by atoms with van der Waals surface area (Å²) in [5.41, 5.74) is 0. The summed E-state index contributed by atoms with van der Waals surface area (Å²) in [7, 11) is 1.42. The molecule has 1 heterocycles. The van der Waals surface area contributed by atoms with Gasteiger partial charge in [-0.05, 0) is 6.42 Å². The standard InChI is InChI=1S/C7H10F3NO/c1-12-6-3-2-5(4-11-6)7(8,9)10/h5H,2-4H2,1H3. The van der Waals surface area contributed by atoms with Gasteiger partial charge in [0.05, 0.1) is 19.6 Å². The average Bonchev–Trinajstić information content (AvgIpc) is 2.03. The molecule has 0 aromatic heterocycles. The molecule has 1 atom stereocenters. The third kappa shape index (κ3) is 2.12. The molecule has 0 N–H and O–H groups in total. The number of hydrogen-bond acceptors (Lipinski definition) is 2. The van der Waals surface area contributed by atoms with Crippen molar-refractivity contribution in [1.82, 2.24) is 0 Å². The van der Waals surface area contributed by atoms with Crippen molar-refractivity contribution in [2.75, 3.05) is 13.7 Å². The van der Waals surface area contributed by atoms with E-state index in [1.165, 1.54) is 7.11 Å². The fraction of sp³-hybridized carbons (Fsp3) is 0.857. The van der Waals surface area contributed by atoms with Gasteiger partial charge in [-0.2, -0.15) is 13.2 Å². The molecular formula is C7H10F3NO. The first-order valence-corrected chi connectivity index (χ1v) is 3.68. The highest BCUT2D eigenvalue weighted by Gasteiger charge is 2.40. The van der Waals surface area contributed by atoms with Crippen molar-refractivity contribution in [2.24, 2.45) is 10.9 Å². The number of aliphatic imine (C=N–C) groups is 1. The Bertz CT molecular complexity index is 188. The molecule has 1 aliphatic heterocycles. The summed E-state index contributed by atoms with van der Waals surface area (Å²) >= 11 is 0. The van der Waals surface area contributed by atoms with Crippen molar-refractivity contribution >= 4 is 5.90 Å². The van der Waals surface area contributed by atoms with E-state index in [2.05, 4.69) is 4.99 Å². The van der Waals surface area contributed by atoms with Crippen LogP contribution < -0.4 is 0 Å². The molecule has 0 saturated heterocycles. The van der Waals surface area contributed by atoms with Gasteiger partial charge < -0.3 is 4.74 Å². The molecule has 1 rings (SSSR count). The minimum absolute atomic E-state index is 0.0934. The van der Waals surface area contributed by atoms with Crippen LogP contribution in [0, 0.1) is 5.92 Å². The Labute approximate surface area is 68.4 Å². The van der Waals surface area contributed by atoms with Crippen molar-refractivity contribution < 1.29 is 17.9 Å². The molecule has 0 spiro atoms. The predicted molar refractivity (Wildman–Crippen MR) is 38.1 cm³/mol. The monoisotopic (exact) mass is 181 g/mol. The van der Waals surface area contributed by atoms with Crippen molar-refractivity contribution in [3.05, 3.63) is 0 Å². The van der Waals surface area contributed by atoms with Gasteiger partial charge in [-0.25, -0.2) is 0 Å². The Kier molecular flexibility index (Phi) is 2.59. The molecule has 0 radical (unpaired) electrons. The molecule has 0 bridgehead atoms. The normalized spacial score (nSPS) is 25.0. The lowest BCUT2D eigenvalue weighted by molar-refractivity contribution is -0.173. The second-order valence-corrected chi connectivity index (χ2v) is 2.72. The van der Waals surface area contributed by atoms with Gasteiger partial charge in [0, 0.05) is 6.42 Å². The zero-order valence-electron chi connectivity index (χ0n) is 6.69. The van der Waals surface area contributed by atoms with Gasteiger partial charge >= 0.3 is 6.18 Å². The largest absolute Gasteiger partial charge is 0.484 e. The van der Waals surface area contributed by atoms with Crippen LogP contribution in [0.4, 0.5) is 13.2 Å². The fourth-order valence-electron chi connectivity index (χ4n) is 1.11. The Hall–Kier alpha value is -0.740. The van der Waals surface area contributed by atoms with E-state index < -0.39 is 12.1 Å². The van der Waals surface area contributed by atoms with E-state index in [0.717, 1.165) is 0 Å². The highest BCUT2D eigenvalue weighted by atomic mass is 19.4. The van der Waals surface area contributed by atoms with Gasteiger partial charge in [-0.3, -0.25) is 4.99 Å². The minimum atomic E-state index is -4.11. The maximum Gasteiger partial charge on any atom is 0.393 e. The number of halogens is 3. The Balaban J connectivity index is 2.52. The number of ether oxygens (including phenoxy) is 1. The minimum Gasteiger partial charge on any atom is -0.484 e. The number of methoxy groups -OCH3 is 1. The number of hydrogen-bond donors (Lipinski definition) is 0. The summed E-state index contributed by atoms with van der Waals surface area (Å²) in [5, 5.41) is 0. The quantitative estimate of drug-likeness (QED) is 0.560. The maximum absolute atomic E-state index is 12.1. The molecule has 0 fully saturated rings. The second-order valence-electron chi connectivity index (χ2n) is 2.72. The van der Waals surface area contributed by atoms with Gasteiger partial charge in [0.2, 0.25) is 0 Å². The smallest absolute Gasteiger partial charge is 0.393 e. The summed E-state index contributed by atoms with van der Waals surface area (Å²) in [4.78, 5) is 3.67. The molecule has 70 valence electrons. The molecule has 1 unspecified atom stereocenters. The molecule has 0 aromatic carbocycles. The molecule has 12 heavy (non-hydrogen) atoms. The van der Waals surface area contributed by atoms with Crippen LogP contribution in [0.3, 0.4) is 0 Å². The van der Waals surface area contributed by atoms with Gasteiger partial charge in [-0.1, -0.05) is 0 Å².